The fourth-order valence-electron chi connectivity index (χ4n) is 2.11. The number of thioether (sulfide) groups is 1. The van der Waals surface area contributed by atoms with E-state index in [1.807, 2.05) is 22.9 Å². The van der Waals surface area contributed by atoms with E-state index in [-0.39, 0.29) is 5.91 Å². The fourth-order valence-corrected chi connectivity index (χ4v) is 4.45. The second-order valence-electron chi connectivity index (χ2n) is 5.33. The van der Waals surface area contributed by atoms with Gasteiger partial charge in [-0.15, -0.1) is 34.4 Å². The predicted molar refractivity (Wildman–Crippen MR) is 105 cm³/mol. The van der Waals surface area contributed by atoms with E-state index in [2.05, 4.69) is 41.5 Å². The Morgan fingerprint density at radius 3 is 2.79 bits per heavy atom. The van der Waals surface area contributed by atoms with Crippen LogP contribution in [0, 0.1) is 6.92 Å². The maximum absolute atomic E-state index is 12.0. The third kappa shape index (κ3) is 4.93. The second-order valence-corrected chi connectivity index (χ2v) is 8.30. The van der Waals surface area contributed by atoms with Crippen LogP contribution in [0.4, 0.5) is 5.13 Å². The summed E-state index contributed by atoms with van der Waals surface area (Å²) in [6.07, 6.45) is 1.38. The summed E-state index contributed by atoms with van der Waals surface area (Å²) in [5.74, 6) is 0.973. The Labute approximate surface area is 154 Å². The van der Waals surface area contributed by atoms with Crippen LogP contribution < -0.4 is 5.32 Å². The van der Waals surface area contributed by atoms with Gasteiger partial charge in [-0.3, -0.25) is 4.79 Å². The summed E-state index contributed by atoms with van der Waals surface area (Å²) in [7, 11) is 0. The highest BCUT2D eigenvalue weighted by Gasteiger charge is 2.08. The van der Waals surface area contributed by atoms with Crippen LogP contribution in [-0.4, -0.2) is 16.6 Å². The summed E-state index contributed by atoms with van der Waals surface area (Å²) in [5.41, 5.74) is 2.20. The smallest absolute Gasteiger partial charge is 0.226 e. The molecule has 0 aliphatic heterocycles. The SMILES string of the molecule is Cc1ccc(SCCCC(=O)Nc2nc(-c3cccs3)cs2)cc1. The molecule has 3 nitrogen and oxygen atoms in total. The maximum atomic E-state index is 12.0. The van der Waals surface area contributed by atoms with Gasteiger partial charge in [-0.1, -0.05) is 23.8 Å². The molecule has 0 aliphatic rings. The molecule has 0 fully saturated rings. The first-order valence-electron chi connectivity index (χ1n) is 7.69. The number of thiazole rings is 1. The Kier molecular flexibility index (Phi) is 6.07. The van der Waals surface area contributed by atoms with Crippen molar-refractivity contribution in [2.24, 2.45) is 0 Å². The average Bonchev–Trinajstić information content (AvgIpc) is 3.24. The number of hydrogen-bond acceptors (Lipinski definition) is 5. The molecule has 0 saturated carbocycles. The number of rotatable bonds is 7. The Balaban J connectivity index is 1.40. The van der Waals surface area contributed by atoms with E-state index in [0.717, 1.165) is 22.7 Å². The molecular formula is C18H18N2OS3. The standard InChI is InChI=1S/C18H18N2OS3/c1-13-6-8-14(9-7-13)22-10-3-5-17(21)20-18-19-15(12-24-18)16-4-2-11-23-16/h2,4,6-9,11-12H,3,5,10H2,1H3,(H,19,20,21). The molecular weight excluding hydrogens is 356 g/mol. The lowest BCUT2D eigenvalue weighted by Gasteiger charge is -2.03. The number of nitrogens with one attached hydrogen (secondary N) is 1. The van der Waals surface area contributed by atoms with E-state index in [9.17, 15) is 4.79 Å². The largest absolute Gasteiger partial charge is 0.302 e. The number of anilines is 1. The monoisotopic (exact) mass is 374 g/mol. The zero-order valence-corrected chi connectivity index (χ0v) is 15.8. The number of benzene rings is 1. The summed E-state index contributed by atoms with van der Waals surface area (Å²) in [6, 6.07) is 12.5. The Bertz CT molecular complexity index is 779. The lowest BCUT2D eigenvalue weighted by Crippen LogP contribution is -2.11. The molecule has 0 saturated heterocycles. The number of thiophene rings is 1. The number of carbonyl (C=O) groups excluding carboxylic acids is 1. The van der Waals surface area contributed by atoms with Crippen molar-refractivity contribution < 1.29 is 4.79 Å². The number of nitrogens with zero attached hydrogens (tertiary/aromatic N) is 1. The first-order chi connectivity index (χ1) is 11.7. The lowest BCUT2D eigenvalue weighted by atomic mass is 10.2. The molecule has 1 N–H and O–H groups in total. The van der Waals surface area contributed by atoms with Crippen molar-refractivity contribution in [3.63, 3.8) is 0 Å². The predicted octanol–water partition coefficient (Wildman–Crippen LogP) is 5.69. The summed E-state index contributed by atoms with van der Waals surface area (Å²) in [4.78, 5) is 18.9. The van der Waals surface area contributed by atoms with Crippen molar-refractivity contribution in [3.8, 4) is 10.6 Å². The summed E-state index contributed by atoms with van der Waals surface area (Å²) in [6.45, 7) is 2.08. The zero-order chi connectivity index (χ0) is 16.8. The number of aryl methyl sites for hydroxylation is 1. The minimum Gasteiger partial charge on any atom is -0.302 e. The number of amides is 1. The molecule has 2 heterocycles. The van der Waals surface area contributed by atoms with Crippen molar-refractivity contribution >= 4 is 45.5 Å². The maximum Gasteiger partial charge on any atom is 0.226 e. The van der Waals surface area contributed by atoms with Crippen LogP contribution in [0.1, 0.15) is 18.4 Å². The molecule has 3 aromatic rings. The van der Waals surface area contributed by atoms with Crippen molar-refractivity contribution in [2.45, 2.75) is 24.7 Å². The van der Waals surface area contributed by atoms with Gasteiger partial charge >= 0.3 is 0 Å². The lowest BCUT2D eigenvalue weighted by molar-refractivity contribution is -0.116. The van der Waals surface area contributed by atoms with Gasteiger partial charge < -0.3 is 5.32 Å². The van der Waals surface area contributed by atoms with Crippen LogP contribution in [0.3, 0.4) is 0 Å². The van der Waals surface area contributed by atoms with Gasteiger partial charge in [0.1, 0.15) is 0 Å². The van der Waals surface area contributed by atoms with Gasteiger partial charge in [0.2, 0.25) is 5.91 Å². The molecule has 3 rings (SSSR count). The van der Waals surface area contributed by atoms with E-state index < -0.39 is 0 Å². The molecule has 0 atom stereocenters. The van der Waals surface area contributed by atoms with Gasteiger partial charge in [0, 0.05) is 16.7 Å². The number of hydrogen-bond donors (Lipinski definition) is 1. The van der Waals surface area contributed by atoms with Crippen LogP contribution in [-0.2, 0) is 4.79 Å². The highest BCUT2D eigenvalue weighted by atomic mass is 32.2. The average molecular weight is 375 g/mol. The fraction of sp³-hybridized carbons (Fsp3) is 0.222. The van der Waals surface area contributed by atoms with Crippen molar-refractivity contribution in [1.82, 2.24) is 4.98 Å². The van der Waals surface area contributed by atoms with Crippen LogP contribution in [0.2, 0.25) is 0 Å². The topological polar surface area (TPSA) is 42.0 Å². The first-order valence-corrected chi connectivity index (χ1v) is 10.4. The van der Waals surface area contributed by atoms with E-state index in [1.165, 1.54) is 21.8 Å². The van der Waals surface area contributed by atoms with Crippen molar-refractivity contribution in [3.05, 3.63) is 52.7 Å². The van der Waals surface area contributed by atoms with Gasteiger partial charge in [-0.25, -0.2) is 4.98 Å². The van der Waals surface area contributed by atoms with Crippen LogP contribution in [0.5, 0.6) is 0 Å². The molecule has 2 aromatic heterocycles. The Morgan fingerprint density at radius 2 is 2.04 bits per heavy atom. The molecule has 124 valence electrons. The van der Waals surface area contributed by atoms with Gasteiger partial charge in [-0.2, -0.15) is 0 Å². The van der Waals surface area contributed by atoms with E-state index in [4.69, 9.17) is 0 Å². The second kappa shape index (κ2) is 8.46. The highest BCUT2D eigenvalue weighted by Crippen LogP contribution is 2.28. The molecule has 0 unspecified atom stereocenters. The van der Waals surface area contributed by atoms with Crippen molar-refractivity contribution in [2.75, 3.05) is 11.1 Å². The third-order valence-electron chi connectivity index (χ3n) is 3.36. The van der Waals surface area contributed by atoms with Crippen LogP contribution >= 0.6 is 34.4 Å². The highest BCUT2D eigenvalue weighted by molar-refractivity contribution is 7.99. The molecule has 0 aliphatic carbocycles. The van der Waals surface area contributed by atoms with Crippen LogP contribution in [0.15, 0.2) is 52.1 Å². The summed E-state index contributed by atoms with van der Waals surface area (Å²) >= 11 is 4.91. The molecule has 1 amide bonds. The summed E-state index contributed by atoms with van der Waals surface area (Å²) < 4.78 is 0. The molecule has 6 heteroatoms. The first kappa shape index (κ1) is 17.2. The Hall–Kier alpha value is -1.63. The molecule has 24 heavy (non-hydrogen) atoms. The molecule has 1 aromatic carbocycles. The van der Waals surface area contributed by atoms with Gasteiger partial charge in [0.05, 0.1) is 10.6 Å². The number of carbonyl (C=O) groups is 1. The minimum atomic E-state index is 0.0339. The van der Waals surface area contributed by atoms with Gasteiger partial charge in [-0.05, 0) is 42.7 Å². The van der Waals surface area contributed by atoms with E-state index >= 15 is 0 Å². The van der Waals surface area contributed by atoms with E-state index in [0.29, 0.717) is 11.6 Å². The third-order valence-corrected chi connectivity index (χ3v) is 6.11. The summed E-state index contributed by atoms with van der Waals surface area (Å²) in [5, 5.41) is 7.58. The molecule has 0 spiro atoms. The van der Waals surface area contributed by atoms with E-state index in [1.54, 1.807) is 23.1 Å². The molecule has 0 radical (unpaired) electrons. The quantitative estimate of drug-likeness (QED) is 0.426. The van der Waals surface area contributed by atoms with Crippen molar-refractivity contribution in [1.29, 1.82) is 0 Å². The van der Waals surface area contributed by atoms with Crippen LogP contribution in [0.25, 0.3) is 10.6 Å². The zero-order valence-electron chi connectivity index (χ0n) is 13.3. The number of aromatic nitrogens is 1. The molecule has 0 bridgehead atoms. The Morgan fingerprint density at radius 1 is 1.21 bits per heavy atom. The van der Waals surface area contributed by atoms with Gasteiger partial charge in [0.25, 0.3) is 0 Å². The van der Waals surface area contributed by atoms with Gasteiger partial charge in [0.15, 0.2) is 5.13 Å². The normalized spacial score (nSPS) is 10.7. The minimum absolute atomic E-state index is 0.0339.